The molecule has 0 aromatic carbocycles. The lowest BCUT2D eigenvalue weighted by Gasteiger charge is -1.83. The Labute approximate surface area is 75.7 Å². The van der Waals surface area contributed by atoms with Crippen LogP contribution in [0, 0.1) is 6.92 Å². The first-order chi connectivity index (χ1) is 5.88. The lowest BCUT2D eigenvalue weighted by atomic mass is 10.4. The summed E-state index contributed by atoms with van der Waals surface area (Å²) in [6.45, 7) is 5.95. The molecule has 0 aliphatic rings. The van der Waals surface area contributed by atoms with Crippen molar-refractivity contribution in [2.24, 2.45) is 0 Å². The van der Waals surface area contributed by atoms with E-state index in [4.69, 9.17) is 0 Å². The van der Waals surface area contributed by atoms with Crippen molar-refractivity contribution in [3.05, 3.63) is 18.2 Å². The van der Waals surface area contributed by atoms with Crippen molar-refractivity contribution in [3.8, 4) is 0 Å². The molecule has 12 heavy (non-hydrogen) atoms. The summed E-state index contributed by atoms with van der Waals surface area (Å²) in [6.07, 6.45) is 3.33. The summed E-state index contributed by atoms with van der Waals surface area (Å²) in [7, 11) is 0. The number of hydrogen-bond donors (Lipinski definition) is 0. The van der Waals surface area contributed by atoms with E-state index in [0.717, 1.165) is 15.9 Å². The van der Waals surface area contributed by atoms with Crippen molar-refractivity contribution in [2.45, 2.75) is 20.8 Å². The molecule has 0 saturated heterocycles. The molecule has 0 unspecified atom stereocenters. The summed E-state index contributed by atoms with van der Waals surface area (Å²) in [4.78, 5) is 7.96. The fourth-order valence-electron chi connectivity index (χ4n) is 0.816. The zero-order valence-electron chi connectivity index (χ0n) is 7.40. The molecular formula is C8H11N3S. The first-order valence-electron chi connectivity index (χ1n) is 3.90. The molecule has 2 aromatic heterocycles. The zero-order valence-corrected chi connectivity index (χ0v) is 8.22. The third-order valence-corrected chi connectivity index (χ3v) is 2.16. The van der Waals surface area contributed by atoms with Gasteiger partial charge in [-0.25, -0.2) is 9.97 Å². The summed E-state index contributed by atoms with van der Waals surface area (Å²) >= 11 is 1.44. The number of hydrogen-bond acceptors (Lipinski definition) is 4. The van der Waals surface area contributed by atoms with Crippen molar-refractivity contribution in [1.29, 1.82) is 0 Å². The van der Waals surface area contributed by atoms with Crippen LogP contribution in [0.3, 0.4) is 0 Å². The third kappa shape index (κ3) is 1.58. The van der Waals surface area contributed by atoms with Gasteiger partial charge in [-0.3, -0.25) is 0 Å². The average molecular weight is 181 g/mol. The number of aromatic nitrogens is 3. The first-order valence-corrected chi connectivity index (χ1v) is 4.67. The maximum Gasteiger partial charge on any atom is 0.116 e. The average Bonchev–Trinajstić information content (AvgIpc) is 2.53. The monoisotopic (exact) mass is 181 g/mol. The van der Waals surface area contributed by atoms with Crippen LogP contribution in [-0.4, -0.2) is 14.3 Å². The minimum atomic E-state index is 0.972. The van der Waals surface area contributed by atoms with E-state index in [1.165, 1.54) is 11.5 Å². The molecule has 0 N–H and O–H groups in total. The van der Waals surface area contributed by atoms with Crippen molar-refractivity contribution in [1.82, 2.24) is 14.3 Å². The fraction of sp³-hybridized carbons (Fsp3) is 0.375. The molecule has 2 rings (SSSR count). The third-order valence-electron chi connectivity index (χ3n) is 1.30. The number of rotatable bonds is 0. The predicted octanol–water partition coefficient (Wildman–Crippen LogP) is 2.42. The second-order valence-electron chi connectivity index (χ2n) is 2.00. The van der Waals surface area contributed by atoms with E-state index < -0.39 is 0 Å². The van der Waals surface area contributed by atoms with E-state index in [1.54, 1.807) is 12.5 Å². The summed E-state index contributed by atoms with van der Waals surface area (Å²) in [5, 5.41) is 0. The Bertz CT molecular complexity index is 356. The van der Waals surface area contributed by atoms with Gasteiger partial charge in [0, 0.05) is 6.20 Å². The van der Waals surface area contributed by atoms with Crippen molar-refractivity contribution < 1.29 is 0 Å². The van der Waals surface area contributed by atoms with E-state index in [-0.39, 0.29) is 0 Å². The summed E-state index contributed by atoms with van der Waals surface area (Å²) in [5.74, 6) is 0. The van der Waals surface area contributed by atoms with Crippen LogP contribution in [0.15, 0.2) is 12.5 Å². The van der Waals surface area contributed by atoms with Crippen LogP contribution in [0.5, 0.6) is 0 Å². The molecule has 0 atom stereocenters. The van der Waals surface area contributed by atoms with Gasteiger partial charge in [0.05, 0.1) is 10.4 Å². The quantitative estimate of drug-likeness (QED) is 0.626. The Morgan fingerprint density at radius 2 is 2.08 bits per heavy atom. The van der Waals surface area contributed by atoms with Crippen LogP contribution in [0.1, 0.15) is 19.5 Å². The Morgan fingerprint density at radius 1 is 1.33 bits per heavy atom. The van der Waals surface area contributed by atoms with Crippen LogP contribution < -0.4 is 0 Å². The molecule has 2 heterocycles. The van der Waals surface area contributed by atoms with Crippen LogP contribution in [-0.2, 0) is 0 Å². The van der Waals surface area contributed by atoms with Gasteiger partial charge in [-0.05, 0) is 18.5 Å². The Balaban J connectivity index is 0.000000336. The van der Waals surface area contributed by atoms with Gasteiger partial charge in [0.2, 0.25) is 0 Å². The second-order valence-corrected chi connectivity index (χ2v) is 2.81. The minimum absolute atomic E-state index is 0.972. The van der Waals surface area contributed by atoms with Crippen molar-refractivity contribution in [3.63, 3.8) is 0 Å². The molecule has 0 amide bonds. The van der Waals surface area contributed by atoms with Crippen LogP contribution in [0.25, 0.3) is 10.2 Å². The maximum atomic E-state index is 4.13. The SMILES string of the molecule is CC.Cc1nsc2cncnc12. The summed E-state index contributed by atoms with van der Waals surface area (Å²) < 4.78 is 5.19. The minimum Gasteiger partial charge on any atom is -0.243 e. The molecule has 0 aliphatic carbocycles. The smallest absolute Gasteiger partial charge is 0.116 e. The maximum absolute atomic E-state index is 4.13. The fourth-order valence-corrected chi connectivity index (χ4v) is 1.53. The lowest BCUT2D eigenvalue weighted by molar-refractivity contribution is 1.21. The van der Waals surface area contributed by atoms with Gasteiger partial charge in [-0.2, -0.15) is 4.37 Å². The molecule has 0 bridgehead atoms. The van der Waals surface area contributed by atoms with E-state index >= 15 is 0 Å². The molecule has 64 valence electrons. The summed E-state index contributed by atoms with van der Waals surface area (Å²) in [5.41, 5.74) is 1.96. The summed E-state index contributed by atoms with van der Waals surface area (Å²) in [6, 6.07) is 0. The van der Waals surface area contributed by atoms with Crippen molar-refractivity contribution >= 4 is 21.7 Å². The normalized spacial score (nSPS) is 9.25. The lowest BCUT2D eigenvalue weighted by Crippen LogP contribution is -1.76. The number of nitrogens with zero attached hydrogens (tertiary/aromatic N) is 3. The van der Waals surface area contributed by atoms with Gasteiger partial charge in [0.25, 0.3) is 0 Å². The molecule has 0 aliphatic heterocycles. The molecular weight excluding hydrogens is 170 g/mol. The highest BCUT2D eigenvalue weighted by Gasteiger charge is 1.99. The largest absolute Gasteiger partial charge is 0.243 e. The Morgan fingerprint density at radius 3 is 2.75 bits per heavy atom. The van der Waals surface area contributed by atoms with Gasteiger partial charge in [-0.1, -0.05) is 13.8 Å². The van der Waals surface area contributed by atoms with E-state index in [2.05, 4.69) is 14.3 Å². The molecule has 0 fully saturated rings. The van der Waals surface area contributed by atoms with Gasteiger partial charge < -0.3 is 0 Å². The molecule has 3 nitrogen and oxygen atoms in total. The van der Waals surface area contributed by atoms with E-state index in [9.17, 15) is 0 Å². The number of aryl methyl sites for hydroxylation is 1. The topological polar surface area (TPSA) is 38.7 Å². The molecule has 2 aromatic rings. The highest BCUT2D eigenvalue weighted by Crippen LogP contribution is 2.16. The van der Waals surface area contributed by atoms with Crippen LogP contribution >= 0.6 is 11.5 Å². The first kappa shape index (κ1) is 9.06. The second kappa shape index (κ2) is 4.11. The highest BCUT2D eigenvalue weighted by atomic mass is 32.1. The molecule has 0 saturated carbocycles. The predicted molar refractivity (Wildman–Crippen MR) is 51.3 cm³/mol. The van der Waals surface area contributed by atoms with Crippen LogP contribution in [0.2, 0.25) is 0 Å². The van der Waals surface area contributed by atoms with Gasteiger partial charge in [-0.15, -0.1) is 0 Å². The Hall–Kier alpha value is -1.03. The van der Waals surface area contributed by atoms with Crippen molar-refractivity contribution in [2.75, 3.05) is 0 Å². The van der Waals surface area contributed by atoms with Crippen LogP contribution in [0.4, 0.5) is 0 Å². The molecule has 0 spiro atoms. The van der Waals surface area contributed by atoms with E-state index in [0.29, 0.717) is 0 Å². The number of fused-ring (bicyclic) bond motifs is 1. The Kier molecular flexibility index (Phi) is 3.10. The highest BCUT2D eigenvalue weighted by molar-refractivity contribution is 7.13. The molecule has 0 radical (unpaired) electrons. The zero-order chi connectivity index (χ0) is 8.97. The molecule has 4 heteroatoms. The van der Waals surface area contributed by atoms with E-state index in [1.807, 2.05) is 20.8 Å². The van der Waals surface area contributed by atoms with Gasteiger partial charge in [0.15, 0.2) is 0 Å². The van der Waals surface area contributed by atoms with Gasteiger partial charge in [0.1, 0.15) is 11.8 Å². The van der Waals surface area contributed by atoms with Gasteiger partial charge >= 0.3 is 0 Å². The standard InChI is InChI=1S/C6H5N3S.C2H6/c1-4-6-5(10-9-4)2-7-3-8-6;1-2/h2-3H,1H3;1-2H3.